The molecule has 0 aromatic carbocycles. The maximum Gasteiger partial charge on any atom is 0.407 e. The first-order valence-corrected chi connectivity index (χ1v) is 12.0. The number of carbonyl (C=O) groups excluding carboxylic acids is 3. The number of hydrogen-bond acceptors (Lipinski definition) is 6. The summed E-state index contributed by atoms with van der Waals surface area (Å²) in [6.45, 7) is 2.39. The van der Waals surface area contributed by atoms with Crippen LogP contribution in [0.4, 0.5) is 4.79 Å². The van der Waals surface area contributed by atoms with E-state index in [0.29, 0.717) is 39.1 Å². The maximum atomic E-state index is 11.3. The summed E-state index contributed by atoms with van der Waals surface area (Å²) in [5.41, 5.74) is 0. The maximum absolute atomic E-state index is 11.3. The number of amides is 2. The molecule has 0 aliphatic rings. The third-order valence-corrected chi connectivity index (χ3v) is 3.93. The molecule has 11 heteroatoms. The van der Waals surface area contributed by atoms with Crippen LogP contribution in [0.2, 0.25) is 0 Å². The third kappa shape index (κ3) is 17.9. The average molecular weight is 472 g/mol. The smallest absolute Gasteiger partial charge is 0.407 e. The lowest BCUT2D eigenvalue weighted by atomic mass is 10.3. The minimum atomic E-state index is -0.652. The summed E-state index contributed by atoms with van der Waals surface area (Å²) in [7, 11) is 2.04. The number of ether oxygens (including phenoxy) is 2. The van der Waals surface area contributed by atoms with E-state index in [9.17, 15) is 14.4 Å². The summed E-state index contributed by atoms with van der Waals surface area (Å²) < 4.78 is 10.1. The van der Waals surface area contributed by atoms with Gasteiger partial charge in [0.15, 0.2) is 6.61 Å². The van der Waals surface area contributed by atoms with Crippen LogP contribution in [-0.4, -0.2) is 64.9 Å². The van der Waals surface area contributed by atoms with E-state index in [1.54, 1.807) is 0 Å². The van der Waals surface area contributed by atoms with Gasteiger partial charge in [-0.15, -0.1) is 0 Å². The Morgan fingerprint density at radius 2 is 1.92 bits per heavy atom. The SMILES string of the molecule is O=CCCCNC(=O)COC(=O)NCCOCCCCN[B]PI. The quantitative estimate of drug-likeness (QED) is 0.101. The molecule has 0 spiro atoms. The molecule has 24 heavy (non-hydrogen) atoms. The largest absolute Gasteiger partial charge is 0.439 e. The highest BCUT2D eigenvalue weighted by atomic mass is 127. The molecular weight excluding hydrogens is 447 g/mol. The second-order valence-corrected chi connectivity index (χ2v) is 7.06. The van der Waals surface area contributed by atoms with Crippen molar-refractivity contribution in [1.29, 1.82) is 0 Å². The number of nitrogens with one attached hydrogen (secondary N) is 3. The summed E-state index contributed by atoms with van der Waals surface area (Å²) >= 11 is 2.30. The molecule has 0 bridgehead atoms. The van der Waals surface area contributed by atoms with E-state index in [1.165, 1.54) is 0 Å². The Morgan fingerprint density at radius 3 is 2.67 bits per heavy atom. The number of unbranched alkanes of at least 4 members (excludes halogenated alkanes) is 2. The van der Waals surface area contributed by atoms with Crippen LogP contribution >= 0.6 is 28.1 Å². The molecule has 0 saturated heterocycles. The van der Waals surface area contributed by atoms with Crippen molar-refractivity contribution in [2.45, 2.75) is 25.7 Å². The van der Waals surface area contributed by atoms with E-state index in [2.05, 4.69) is 37.9 Å². The Labute approximate surface area is 158 Å². The van der Waals surface area contributed by atoms with Gasteiger partial charge in [0.1, 0.15) is 6.29 Å². The van der Waals surface area contributed by atoms with Gasteiger partial charge in [0, 0.05) is 26.1 Å². The van der Waals surface area contributed by atoms with Crippen molar-refractivity contribution in [3.63, 3.8) is 0 Å². The van der Waals surface area contributed by atoms with Crippen molar-refractivity contribution >= 4 is 53.6 Å². The van der Waals surface area contributed by atoms with Crippen LogP contribution in [0.3, 0.4) is 0 Å². The van der Waals surface area contributed by atoms with Crippen molar-refractivity contribution in [3.05, 3.63) is 0 Å². The number of carbonyl (C=O) groups is 3. The zero-order valence-electron chi connectivity index (χ0n) is 13.6. The summed E-state index contributed by atoms with van der Waals surface area (Å²) in [6, 6.07) is 0. The zero-order valence-corrected chi connectivity index (χ0v) is 16.8. The summed E-state index contributed by atoms with van der Waals surface area (Å²) in [6.07, 6.45) is 3.89. The normalized spacial score (nSPS) is 10.5. The molecule has 0 heterocycles. The van der Waals surface area contributed by atoms with Gasteiger partial charge in [-0.1, -0.05) is 28.1 Å². The van der Waals surface area contributed by atoms with Crippen LogP contribution in [0.15, 0.2) is 0 Å². The lowest BCUT2D eigenvalue weighted by molar-refractivity contribution is -0.124. The van der Waals surface area contributed by atoms with E-state index >= 15 is 0 Å². The predicted octanol–water partition coefficient (Wildman–Crippen LogP) is 0.757. The van der Waals surface area contributed by atoms with Crippen LogP contribution in [0.25, 0.3) is 0 Å². The Kier molecular flexibility index (Phi) is 18.5. The molecule has 0 fully saturated rings. The molecule has 137 valence electrons. The molecule has 0 aromatic rings. The molecule has 0 aliphatic carbocycles. The van der Waals surface area contributed by atoms with Gasteiger partial charge in [-0.3, -0.25) is 4.79 Å². The highest BCUT2D eigenvalue weighted by Crippen LogP contribution is 2.14. The van der Waals surface area contributed by atoms with Gasteiger partial charge in [0.2, 0.25) is 7.13 Å². The first-order valence-electron chi connectivity index (χ1n) is 7.80. The van der Waals surface area contributed by atoms with Crippen molar-refractivity contribution in [3.8, 4) is 0 Å². The number of aldehydes is 1. The highest BCUT2D eigenvalue weighted by molar-refractivity contribution is 14.2. The van der Waals surface area contributed by atoms with E-state index in [4.69, 9.17) is 9.47 Å². The van der Waals surface area contributed by atoms with Gasteiger partial charge in [0.25, 0.3) is 5.91 Å². The highest BCUT2D eigenvalue weighted by Gasteiger charge is 2.06. The Bertz CT molecular complexity index is 356. The van der Waals surface area contributed by atoms with Gasteiger partial charge in [-0.05, 0) is 25.8 Å². The fourth-order valence-corrected chi connectivity index (χ4v) is 2.40. The van der Waals surface area contributed by atoms with Crippen LogP contribution < -0.4 is 15.9 Å². The molecular formula is C13H25BIN3O5P. The Balaban J connectivity index is 3.31. The van der Waals surface area contributed by atoms with E-state index in [0.717, 1.165) is 31.8 Å². The summed E-state index contributed by atoms with van der Waals surface area (Å²) in [4.78, 5) is 32.7. The van der Waals surface area contributed by atoms with E-state index in [1.807, 2.05) is 7.13 Å². The zero-order chi connectivity index (χ0) is 17.9. The predicted molar refractivity (Wildman–Crippen MR) is 104 cm³/mol. The molecule has 1 atom stereocenters. The molecule has 1 unspecified atom stereocenters. The fourth-order valence-electron chi connectivity index (χ4n) is 1.52. The van der Waals surface area contributed by atoms with Gasteiger partial charge in [0.05, 0.1) is 6.61 Å². The topological polar surface area (TPSA) is 106 Å². The van der Waals surface area contributed by atoms with Crippen LogP contribution in [0, 0.1) is 0 Å². The fraction of sp³-hybridized carbons (Fsp3) is 0.769. The van der Waals surface area contributed by atoms with Crippen LogP contribution in [0.1, 0.15) is 25.7 Å². The molecule has 0 aliphatic heterocycles. The molecule has 8 nitrogen and oxygen atoms in total. The van der Waals surface area contributed by atoms with Crippen molar-refractivity contribution in [2.75, 3.05) is 39.5 Å². The molecule has 0 aromatic heterocycles. The number of hydrogen-bond donors (Lipinski definition) is 3. The van der Waals surface area contributed by atoms with Gasteiger partial charge < -0.3 is 30.1 Å². The Morgan fingerprint density at radius 1 is 1.08 bits per heavy atom. The third-order valence-electron chi connectivity index (χ3n) is 2.69. The average Bonchev–Trinajstić information content (AvgIpc) is 2.58. The lowest BCUT2D eigenvalue weighted by Crippen LogP contribution is -2.34. The monoisotopic (exact) mass is 472 g/mol. The first kappa shape index (κ1) is 23.6. The summed E-state index contributed by atoms with van der Waals surface area (Å²) in [5, 5.41) is 8.25. The van der Waals surface area contributed by atoms with E-state index in [-0.39, 0.29) is 12.5 Å². The van der Waals surface area contributed by atoms with E-state index < -0.39 is 6.09 Å². The number of halogens is 1. The van der Waals surface area contributed by atoms with Crippen molar-refractivity contribution in [2.24, 2.45) is 0 Å². The minimum Gasteiger partial charge on any atom is -0.439 e. The molecule has 1 radical (unpaired) electrons. The van der Waals surface area contributed by atoms with Gasteiger partial charge in [-0.25, -0.2) is 4.79 Å². The van der Waals surface area contributed by atoms with Gasteiger partial charge in [-0.2, -0.15) is 0 Å². The van der Waals surface area contributed by atoms with Crippen LogP contribution in [0.5, 0.6) is 0 Å². The van der Waals surface area contributed by atoms with Crippen LogP contribution in [-0.2, 0) is 19.1 Å². The minimum absolute atomic E-state index is 0.335. The second kappa shape index (κ2) is 18.9. The molecule has 3 N–H and O–H groups in total. The lowest BCUT2D eigenvalue weighted by Gasteiger charge is -2.08. The molecule has 0 rings (SSSR count). The van der Waals surface area contributed by atoms with Crippen molar-refractivity contribution in [1.82, 2.24) is 15.9 Å². The first-order chi connectivity index (χ1) is 11.7. The van der Waals surface area contributed by atoms with Crippen molar-refractivity contribution < 1.29 is 23.9 Å². The number of rotatable bonds is 16. The van der Waals surface area contributed by atoms with Gasteiger partial charge >= 0.3 is 6.09 Å². The standard InChI is InChI=1S/C13H25BIN3O5P/c15-24-14-18-6-2-4-9-22-10-7-17-13(21)23-11-12(20)16-5-1-3-8-19/h8,18,24H,1-7,9-11H2,(H,16,20)(H,17,21). The number of alkyl carbamates (subject to hydrolysis) is 1. The molecule has 2 amide bonds. The summed E-state index contributed by atoms with van der Waals surface area (Å²) in [5.74, 6) is -0.388. The Hall–Kier alpha value is -0.445. The second-order valence-electron chi connectivity index (χ2n) is 4.69. The molecule has 0 saturated carbocycles.